The largest absolute Gasteiger partial charge is 0.381 e. The number of rotatable bonds is 4. The van der Waals surface area contributed by atoms with Gasteiger partial charge in [0.2, 0.25) is 0 Å². The van der Waals surface area contributed by atoms with Crippen molar-refractivity contribution in [2.24, 2.45) is 5.92 Å². The molecule has 2 aromatic heterocycles. The van der Waals surface area contributed by atoms with Crippen LogP contribution in [0.5, 0.6) is 0 Å². The Kier molecular flexibility index (Phi) is 5.53. The summed E-state index contributed by atoms with van der Waals surface area (Å²) in [7, 11) is 0. The highest BCUT2D eigenvalue weighted by molar-refractivity contribution is 6.39. The third-order valence-corrected chi connectivity index (χ3v) is 5.64. The van der Waals surface area contributed by atoms with Crippen molar-refractivity contribution in [1.29, 1.82) is 0 Å². The minimum atomic E-state index is -0.321. The van der Waals surface area contributed by atoms with Crippen LogP contribution in [0.1, 0.15) is 28.9 Å². The lowest BCUT2D eigenvalue weighted by atomic mass is 10.0. The second kappa shape index (κ2) is 8.07. The predicted molar refractivity (Wildman–Crippen MR) is 110 cm³/mol. The number of benzene rings is 1. The fourth-order valence-corrected chi connectivity index (χ4v) is 3.95. The zero-order chi connectivity index (χ0) is 19.7. The lowest BCUT2D eigenvalue weighted by Crippen LogP contribution is -2.21. The maximum atomic E-state index is 12.7. The average molecular weight is 419 g/mol. The Balaban J connectivity index is 1.62. The molecular formula is C20H20Cl2N4O2. The van der Waals surface area contributed by atoms with Gasteiger partial charge in [-0.1, -0.05) is 23.2 Å². The number of ether oxygens (including phenoxy) is 1. The molecule has 28 heavy (non-hydrogen) atoms. The molecule has 6 nitrogen and oxygen atoms in total. The van der Waals surface area contributed by atoms with Crippen LogP contribution in [0, 0.1) is 12.8 Å². The Morgan fingerprint density at radius 2 is 1.96 bits per heavy atom. The van der Waals surface area contributed by atoms with Gasteiger partial charge in [-0.3, -0.25) is 4.79 Å². The second-order valence-electron chi connectivity index (χ2n) is 6.97. The topological polar surface area (TPSA) is 69.0 Å². The first-order valence-electron chi connectivity index (χ1n) is 9.19. The molecule has 0 aliphatic carbocycles. The number of hydrogen-bond acceptors (Lipinski definition) is 4. The van der Waals surface area contributed by atoms with Crippen molar-refractivity contribution in [3.8, 4) is 0 Å². The lowest BCUT2D eigenvalue weighted by molar-refractivity contribution is 0.0605. The molecule has 1 aliphatic heterocycles. The molecule has 0 radical (unpaired) electrons. The number of anilines is 1. The van der Waals surface area contributed by atoms with Gasteiger partial charge in [0, 0.05) is 36.7 Å². The Hall–Kier alpha value is -2.15. The molecule has 1 aromatic carbocycles. The summed E-state index contributed by atoms with van der Waals surface area (Å²) in [5.74, 6) is 0.183. The maximum Gasteiger partial charge on any atom is 0.258 e. The standard InChI is InChI=1S/C20H20Cl2N4O2/c1-12-17-18(22)16(20(27)24-15-4-2-14(21)3-5-15)10-23-19(17)26(25-12)11-13-6-8-28-9-7-13/h2-5,10,13H,6-9,11H2,1H3,(H,24,27). The van der Waals surface area contributed by atoms with Gasteiger partial charge in [0.15, 0.2) is 5.65 Å². The van der Waals surface area contributed by atoms with E-state index in [1.54, 1.807) is 24.3 Å². The Morgan fingerprint density at radius 3 is 2.68 bits per heavy atom. The van der Waals surface area contributed by atoms with Gasteiger partial charge >= 0.3 is 0 Å². The monoisotopic (exact) mass is 418 g/mol. The second-order valence-corrected chi connectivity index (χ2v) is 7.78. The molecule has 1 amide bonds. The summed E-state index contributed by atoms with van der Waals surface area (Å²) in [5, 5.41) is 9.13. The number of carbonyl (C=O) groups excluding carboxylic acids is 1. The molecule has 1 saturated heterocycles. The van der Waals surface area contributed by atoms with Crippen molar-refractivity contribution in [2.45, 2.75) is 26.3 Å². The molecule has 1 aliphatic rings. The summed E-state index contributed by atoms with van der Waals surface area (Å²) in [4.78, 5) is 17.2. The molecule has 0 bridgehead atoms. The first-order valence-corrected chi connectivity index (χ1v) is 9.95. The van der Waals surface area contributed by atoms with Crippen LogP contribution in [0.4, 0.5) is 5.69 Å². The van der Waals surface area contributed by atoms with E-state index in [0.717, 1.165) is 43.7 Å². The number of hydrogen-bond donors (Lipinski definition) is 1. The van der Waals surface area contributed by atoms with E-state index in [-0.39, 0.29) is 5.91 Å². The van der Waals surface area contributed by atoms with Gasteiger partial charge in [-0.25, -0.2) is 9.67 Å². The summed E-state index contributed by atoms with van der Waals surface area (Å²) in [5.41, 5.74) is 2.42. The minimum absolute atomic E-state index is 0.317. The average Bonchev–Trinajstić information content (AvgIpc) is 3.01. The number of halogens is 2. The van der Waals surface area contributed by atoms with Crippen molar-refractivity contribution in [3.63, 3.8) is 0 Å². The molecule has 3 aromatic rings. The number of amides is 1. The minimum Gasteiger partial charge on any atom is -0.381 e. The number of pyridine rings is 1. The molecule has 1 fully saturated rings. The van der Waals surface area contributed by atoms with E-state index in [1.165, 1.54) is 6.20 Å². The summed E-state index contributed by atoms with van der Waals surface area (Å²) >= 11 is 12.5. The van der Waals surface area contributed by atoms with Crippen molar-refractivity contribution < 1.29 is 9.53 Å². The zero-order valence-electron chi connectivity index (χ0n) is 15.4. The molecule has 3 heterocycles. The van der Waals surface area contributed by atoms with Crippen molar-refractivity contribution in [2.75, 3.05) is 18.5 Å². The number of fused-ring (bicyclic) bond motifs is 1. The van der Waals surface area contributed by atoms with Gasteiger partial charge < -0.3 is 10.1 Å². The van der Waals surface area contributed by atoms with Gasteiger partial charge in [0.05, 0.1) is 21.7 Å². The van der Waals surface area contributed by atoms with Crippen LogP contribution in [-0.4, -0.2) is 33.9 Å². The van der Waals surface area contributed by atoms with Crippen LogP contribution >= 0.6 is 23.2 Å². The van der Waals surface area contributed by atoms with E-state index in [0.29, 0.717) is 32.9 Å². The SMILES string of the molecule is Cc1nn(CC2CCOCC2)c2ncc(C(=O)Nc3ccc(Cl)cc3)c(Cl)c12. The summed E-state index contributed by atoms with van der Waals surface area (Å²) in [6, 6.07) is 6.89. The molecule has 1 N–H and O–H groups in total. The van der Waals surface area contributed by atoms with Gasteiger partial charge in [-0.05, 0) is 49.9 Å². The van der Waals surface area contributed by atoms with Gasteiger partial charge in [-0.2, -0.15) is 5.10 Å². The Labute approximate surface area is 172 Å². The van der Waals surface area contributed by atoms with E-state index in [2.05, 4.69) is 15.4 Å². The van der Waals surface area contributed by atoms with Crippen molar-refractivity contribution in [1.82, 2.24) is 14.8 Å². The molecule has 0 spiro atoms. The van der Waals surface area contributed by atoms with Gasteiger partial charge in [-0.15, -0.1) is 0 Å². The molecule has 0 atom stereocenters. The van der Waals surface area contributed by atoms with E-state index < -0.39 is 0 Å². The molecule has 146 valence electrons. The Bertz CT molecular complexity index is 1010. The molecule has 0 saturated carbocycles. The fourth-order valence-electron chi connectivity index (χ4n) is 3.47. The number of nitrogens with one attached hydrogen (secondary N) is 1. The van der Waals surface area contributed by atoms with Crippen LogP contribution in [0.2, 0.25) is 10.0 Å². The first kappa shape index (κ1) is 19.2. The highest BCUT2D eigenvalue weighted by atomic mass is 35.5. The normalized spacial score (nSPS) is 15.1. The Morgan fingerprint density at radius 1 is 1.25 bits per heavy atom. The predicted octanol–water partition coefficient (Wildman–Crippen LogP) is 4.73. The number of aromatic nitrogens is 3. The van der Waals surface area contributed by atoms with Crippen LogP contribution in [0.3, 0.4) is 0 Å². The van der Waals surface area contributed by atoms with E-state index in [1.807, 2.05) is 11.6 Å². The third-order valence-electron chi connectivity index (χ3n) is 4.99. The van der Waals surface area contributed by atoms with Crippen LogP contribution in [0.15, 0.2) is 30.5 Å². The fraction of sp³-hybridized carbons (Fsp3) is 0.350. The quantitative estimate of drug-likeness (QED) is 0.664. The molecular weight excluding hydrogens is 399 g/mol. The van der Waals surface area contributed by atoms with Gasteiger partial charge in [0.1, 0.15) is 0 Å². The summed E-state index contributed by atoms with van der Waals surface area (Å²) < 4.78 is 7.32. The third kappa shape index (κ3) is 3.85. The first-order chi connectivity index (χ1) is 13.5. The zero-order valence-corrected chi connectivity index (χ0v) is 16.9. The number of carbonyl (C=O) groups is 1. The molecule has 8 heteroatoms. The highest BCUT2D eigenvalue weighted by Gasteiger charge is 2.22. The van der Waals surface area contributed by atoms with Crippen molar-refractivity contribution >= 4 is 45.8 Å². The lowest BCUT2D eigenvalue weighted by Gasteiger charge is -2.21. The molecule has 0 unspecified atom stereocenters. The number of aryl methyl sites for hydroxylation is 1. The van der Waals surface area contributed by atoms with Crippen LogP contribution < -0.4 is 5.32 Å². The van der Waals surface area contributed by atoms with E-state index >= 15 is 0 Å². The molecule has 4 rings (SSSR count). The maximum absolute atomic E-state index is 12.7. The number of nitrogens with zero attached hydrogens (tertiary/aromatic N) is 3. The van der Waals surface area contributed by atoms with Crippen LogP contribution in [0.25, 0.3) is 11.0 Å². The highest BCUT2D eigenvalue weighted by Crippen LogP contribution is 2.30. The van der Waals surface area contributed by atoms with Gasteiger partial charge in [0.25, 0.3) is 5.91 Å². The smallest absolute Gasteiger partial charge is 0.258 e. The van der Waals surface area contributed by atoms with E-state index in [4.69, 9.17) is 27.9 Å². The summed E-state index contributed by atoms with van der Waals surface area (Å²) in [6.45, 7) is 4.22. The summed E-state index contributed by atoms with van der Waals surface area (Å²) in [6.07, 6.45) is 3.53. The van der Waals surface area contributed by atoms with Crippen molar-refractivity contribution in [3.05, 3.63) is 51.8 Å². The van der Waals surface area contributed by atoms with E-state index in [9.17, 15) is 4.79 Å². The van der Waals surface area contributed by atoms with Crippen LogP contribution in [-0.2, 0) is 11.3 Å².